The Hall–Kier alpha value is -2.74. The minimum absolute atomic E-state index is 0.0237. The fourth-order valence-corrected chi connectivity index (χ4v) is 3.49. The summed E-state index contributed by atoms with van der Waals surface area (Å²) in [6.45, 7) is 0. The summed E-state index contributed by atoms with van der Waals surface area (Å²) in [5.74, 6) is 0.734. The molecule has 8 heteroatoms. The Balaban J connectivity index is 1.59. The zero-order chi connectivity index (χ0) is 18.1. The Labute approximate surface area is 153 Å². The van der Waals surface area contributed by atoms with Gasteiger partial charge in [-0.2, -0.15) is 10.1 Å². The van der Waals surface area contributed by atoms with Gasteiger partial charge in [-0.05, 0) is 30.5 Å². The van der Waals surface area contributed by atoms with E-state index in [4.69, 9.17) is 4.74 Å². The summed E-state index contributed by atoms with van der Waals surface area (Å²) < 4.78 is 6.75. The van der Waals surface area contributed by atoms with Crippen molar-refractivity contribution in [2.24, 2.45) is 0 Å². The molecule has 4 rings (SSSR count). The predicted octanol–water partition coefficient (Wildman–Crippen LogP) is 1.57. The monoisotopic (exact) mass is 370 g/mol. The van der Waals surface area contributed by atoms with Crippen LogP contribution < -0.4 is 15.6 Å². The van der Waals surface area contributed by atoms with Crippen LogP contribution in [0.3, 0.4) is 0 Å². The van der Waals surface area contributed by atoms with E-state index in [0.29, 0.717) is 23.1 Å². The Morgan fingerprint density at radius 1 is 1.35 bits per heavy atom. The van der Waals surface area contributed by atoms with Crippen molar-refractivity contribution in [3.63, 3.8) is 0 Å². The standard InChI is InChI=1S/C18H18N4O3S/c1-25-14-6-2-11(3-7-14)8-15-17(24)20-18-22(21-15)13(10-26-18)9-16(23)19-12-4-5-12/h2-3,6-7,10,12H,4-5,8-9H2,1H3,(H,19,23). The van der Waals surface area contributed by atoms with Crippen molar-refractivity contribution in [3.05, 3.63) is 57.0 Å². The summed E-state index contributed by atoms with van der Waals surface area (Å²) in [4.78, 5) is 28.9. The van der Waals surface area contributed by atoms with E-state index in [1.807, 2.05) is 29.6 Å². The van der Waals surface area contributed by atoms with Crippen LogP contribution in [0.5, 0.6) is 5.75 Å². The van der Waals surface area contributed by atoms with E-state index in [2.05, 4.69) is 15.4 Å². The van der Waals surface area contributed by atoms with E-state index in [9.17, 15) is 9.59 Å². The normalized spacial score (nSPS) is 13.7. The molecule has 0 atom stereocenters. The molecule has 2 heterocycles. The predicted molar refractivity (Wildman–Crippen MR) is 97.8 cm³/mol. The topological polar surface area (TPSA) is 85.6 Å². The second-order valence-electron chi connectivity index (χ2n) is 6.33. The van der Waals surface area contributed by atoms with Crippen molar-refractivity contribution in [2.75, 3.05) is 7.11 Å². The minimum Gasteiger partial charge on any atom is -0.497 e. The van der Waals surface area contributed by atoms with Gasteiger partial charge in [-0.15, -0.1) is 11.3 Å². The van der Waals surface area contributed by atoms with Crippen molar-refractivity contribution in [2.45, 2.75) is 31.7 Å². The SMILES string of the molecule is COc1ccc(Cc2nn3c(CC(=O)NC4CC4)csc3nc2=O)cc1. The van der Waals surface area contributed by atoms with E-state index >= 15 is 0 Å². The molecule has 1 aliphatic carbocycles. The number of ether oxygens (including phenoxy) is 1. The molecule has 0 bridgehead atoms. The number of carbonyl (C=O) groups excluding carboxylic acids is 1. The lowest BCUT2D eigenvalue weighted by Crippen LogP contribution is -2.28. The van der Waals surface area contributed by atoms with E-state index < -0.39 is 0 Å². The van der Waals surface area contributed by atoms with Crippen molar-refractivity contribution < 1.29 is 9.53 Å². The summed E-state index contributed by atoms with van der Waals surface area (Å²) in [5.41, 5.74) is 1.71. The van der Waals surface area contributed by atoms with Crippen LogP contribution in [-0.4, -0.2) is 33.7 Å². The van der Waals surface area contributed by atoms with Gasteiger partial charge in [-0.3, -0.25) is 9.59 Å². The molecule has 1 fully saturated rings. The molecule has 134 valence electrons. The van der Waals surface area contributed by atoms with Gasteiger partial charge >= 0.3 is 0 Å². The van der Waals surface area contributed by atoms with Crippen LogP contribution in [0.2, 0.25) is 0 Å². The van der Waals surface area contributed by atoms with Crippen molar-refractivity contribution in [1.82, 2.24) is 19.9 Å². The van der Waals surface area contributed by atoms with E-state index in [1.165, 1.54) is 11.3 Å². The summed E-state index contributed by atoms with van der Waals surface area (Å²) in [6.07, 6.45) is 2.71. The number of carbonyl (C=O) groups is 1. The number of nitrogens with one attached hydrogen (secondary N) is 1. The van der Waals surface area contributed by atoms with Gasteiger partial charge in [0.15, 0.2) is 0 Å². The lowest BCUT2D eigenvalue weighted by atomic mass is 10.1. The van der Waals surface area contributed by atoms with Crippen LogP contribution in [-0.2, 0) is 17.6 Å². The zero-order valence-electron chi connectivity index (χ0n) is 14.3. The highest BCUT2D eigenvalue weighted by atomic mass is 32.1. The minimum atomic E-state index is -0.336. The Kier molecular flexibility index (Phi) is 4.42. The molecule has 0 aliphatic heterocycles. The third kappa shape index (κ3) is 3.60. The summed E-state index contributed by atoms with van der Waals surface area (Å²) in [6, 6.07) is 7.80. The maximum atomic E-state index is 12.3. The molecule has 1 N–H and O–H groups in total. The number of nitrogens with zero attached hydrogens (tertiary/aromatic N) is 3. The molecule has 1 saturated carbocycles. The van der Waals surface area contributed by atoms with E-state index in [1.54, 1.807) is 11.6 Å². The highest BCUT2D eigenvalue weighted by molar-refractivity contribution is 7.15. The fourth-order valence-electron chi connectivity index (χ4n) is 2.67. The molecule has 3 aromatic rings. The molecule has 1 amide bonds. The number of hydrogen-bond donors (Lipinski definition) is 1. The van der Waals surface area contributed by atoms with Crippen molar-refractivity contribution in [1.29, 1.82) is 0 Å². The molecular formula is C18H18N4O3S. The molecule has 1 aromatic carbocycles. The number of hydrogen-bond acceptors (Lipinski definition) is 6. The molecule has 0 unspecified atom stereocenters. The summed E-state index contributed by atoms with van der Waals surface area (Å²) in [5, 5.41) is 9.26. The first kappa shape index (κ1) is 16.7. The maximum absolute atomic E-state index is 12.3. The van der Waals surface area contributed by atoms with E-state index in [-0.39, 0.29) is 17.9 Å². The van der Waals surface area contributed by atoms with Crippen LogP contribution in [0.1, 0.15) is 29.8 Å². The third-order valence-electron chi connectivity index (χ3n) is 4.23. The molecule has 1 aliphatic rings. The molecule has 0 spiro atoms. The van der Waals surface area contributed by atoms with Gasteiger partial charge in [-0.1, -0.05) is 12.1 Å². The quantitative estimate of drug-likeness (QED) is 0.712. The average Bonchev–Trinajstić information content (AvgIpc) is 3.37. The third-order valence-corrected chi connectivity index (χ3v) is 5.10. The highest BCUT2D eigenvalue weighted by Gasteiger charge is 2.24. The van der Waals surface area contributed by atoms with E-state index in [0.717, 1.165) is 29.8 Å². The van der Waals surface area contributed by atoms with Gasteiger partial charge in [0.25, 0.3) is 5.56 Å². The van der Waals surface area contributed by atoms with Crippen LogP contribution in [0.4, 0.5) is 0 Å². The Morgan fingerprint density at radius 3 is 2.81 bits per heavy atom. The first-order valence-electron chi connectivity index (χ1n) is 8.41. The number of aromatic nitrogens is 3. The average molecular weight is 370 g/mol. The number of benzene rings is 1. The maximum Gasteiger partial charge on any atom is 0.296 e. The fraction of sp³-hybridized carbons (Fsp3) is 0.333. The molecule has 26 heavy (non-hydrogen) atoms. The number of rotatable bonds is 6. The number of fused-ring (bicyclic) bond motifs is 1. The van der Waals surface area contributed by atoms with Crippen LogP contribution in [0.25, 0.3) is 4.96 Å². The van der Waals surface area contributed by atoms with Gasteiger partial charge in [-0.25, -0.2) is 4.52 Å². The van der Waals surface area contributed by atoms with Crippen LogP contribution in [0.15, 0.2) is 34.4 Å². The Bertz CT molecular complexity index is 1010. The number of amides is 1. The lowest BCUT2D eigenvalue weighted by molar-refractivity contribution is -0.120. The van der Waals surface area contributed by atoms with Gasteiger partial charge < -0.3 is 10.1 Å². The summed E-state index contributed by atoms with van der Waals surface area (Å²) in [7, 11) is 1.61. The second kappa shape index (κ2) is 6.87. The number of thiazole rings is 1. The lowest BCUT2D eigenvalue weighted by Gasteiger charge is -2.05. The van der Waals surface area contributed by atoms with Crippen LogP contribution in [0, 0.1) is 0 Å². The molecule has 2 aromatic heterocycles. The van der Waals surface area contributed by atoms with Crippen LogP contribution >= 0.6 is 11.3 Å². The number of methoxy groups -OCH3 is 1. The Morgan fingerprint density at radius 2 is 2.12 bits per heavy atom. The van der Waals surface area contributed by atoms with Gasteiger partial charge in [0.2, 0.25) is 10.9 Å². The van der Waals surface area contributed by atoms with Gasteiger partial charge in [0.05, 0.1) is 19.2 Å². The van der Waals surface area contributed by atoms with Crippen molar-refractivity contribution >= 4 is 22.2 Å². The molecule has 0 radical (unpaired) electrons. The smallest absolute Gasteiger partial charge is 0.296 e. The first-order chi connectivity index (χ1) is 12.6. The second-order valence-corrected chi connectivity index (χ2v) is 7.17. The summed E-state index contributed by atoms with van der Waals surface area (Å²) >= 11 is 1.32. The van der Waals surface area contributed by atoms with Gasteiger partial charge in [0, 0.05) is 17.8 Å². The molecular weight excluding hydrogens is 352 g/mol. The molecule has 0 saturated heterocycles. The largest absolute Gasteiger partial charge is 0.497 e. The van der Waals surface area contributed by atoms with Gasteiger partial charge in [0.1, 0.15) is 11.4 Å². The zero-order valence-corrected chi connectivity index (χ0v) is 15.1. The highest BCUT2D eigenvalue weighted by Crippen LogP contribution is 2.19. The first-order valence-corrected chi connectivity index (χ1v) is 9.29. The van der Waals surface area contributed by atoms with Crippen molar-refractivity contribution in [3.8, 4) is 5.75 Å². The molecule has 7 nitrogen and oxygen atoms in total.